The van der Waals surface area contributed by atoms with Gasteiger partial charge in [0, 0.05) is 12.8 Å². The van der Waals surface area contributed by atoms with Crippen molar-refractivity contribution in [2.45, 2.75) is 75.0 Å². The van der Waals surface area contributed by atoms with Crippen LogP contribution in [0.1, 0.15) is 57.8 Å². The van der Waals surface area contributed by atoms with Gasteiger partial charge in [0.15, 0.2) is 0 Å². The molecule has 0 spiro atoms. The van der Waals surface area contributed by atoms with Gasteiger partial charge in [-0.2, -0.15) is 0 Å². The van der Waals surface area contributed by atoms with Crippen molar-refractivity contribution in [1.82, 2.24) is 0 Å². The lowest BCUT2D eigenvalue weighted by Crippen LogP contribution is -2.40. The van der Waals surface area contributed by atoms with Crippen molar-refractivity contribution in [3.63, 3.8) is 0 Å². The number of hydrogen-bond acceptors (Lipinski definition) is 4. The van der Waals surface area contributed by atoms with Gasteiger partial charge < -0.3 is 14.2 Å². The Balaban J connectivity index is 1.47. The number of rotatable bonds is 4. The van der Waals surface area contributed by atoms with Crippen LogP contribution in [0.5, 0.6) is 0 Å². The predicted octanol–water partition coefficient (Wildman–Crippen LogP) is 2.51. The first-order chi connectivity index (χ1) is 8.72. The van der Waals surface area contributed by atoms with Crippen molar-refractivity contribution in [3.05, 3.63) is 0 Å². The van der Waals surface area contributed by atoms with Gasteiger partial charge in [0.05, 0.1) is 0 Å². The van der Waals surface area contributed by atoms with Crippen molar-refractivity contribution in [1.29, 1.82) is 0 Å². The maximum Gasteiger partial charge on any atom is 0.293 e. The largest absolute Gasteiger partial charge is 0.461 e. The van der Waals surface area contributed by atoms with Gasteiger partial charge in [-0.15, -0.1) is 0 Å². The first-order valence-corrected chi connectivity index (χ1v) is 7.23. The topological polar surface area (TPSA) is 51.4 Å². The van der Waals surface area contributed by atoms with Gasteiger partial charge in [0.1, 0.15) is 5.60 Å². The van der Waals surface area contributed by atoms with Crippen LogP contribution in [0, 0.1) is 5.92 Å². The Morgan fingerprint density at radius 3 is 2.56 bits per heavy atom. The highest BCUT2D eigenvalue weighted by Gasteiger charge is 2.93. The summed E-state index contributed by atoms with van der Waals surface area (Å²) in [6.45, 7) is 0.622. The molecule has 100 valence electrons. The molecule has 0 aromatic rings. The molecule has 2 saturated heterocycles. The van der Waals surface area contributed by atoms with Crippen molar-refractivity contribution in [2.75, 3.05) is 0 Å². The zero-order chi connectivity index (χ0) is 12.3. The van der Waals surface area contributed by atoms with Gasteiger partial charge in [-0.3, -0.25) is 4.79 Å². The number of hydrogen-bond donors (Lipinski definition) is 0. The molecule has 4 rings (SSSR count). The molecule has 2 aliphatic carbocycles. The van der Waals surface area contributed by atoms with E-state index in [1.165, 1.54) is 32.1 Å². The summed E-state index contributed by atoms with van der Waals surface area (Å²) in [5.41, 5.74) is -0.319. The van der Waals surface area contributed by atoms with E-state index in [2.05, 4.69) is 0 Å². The van der Waals surface area contributed by atoms with Gasteiger partial charge in [-0.1, -0.05) is 32.1 Å². The molecule has 4 aliphatic rings. The Labute approximate surface area is 107 Å². The Morgan fingerprint density at radius 1 is 1.11 bits per heavy atom. The minimum atomic E-state index is -0.358. The highest BCUT2D eigenvalue weighted by atomic mass is 17.0. The van der Waals surface area contributed by atoms with Crippen LogP contribution in [0.2, 0.25) is 0 Å². The van der Waals surface area contributed by atoms with Gasteiger partial charge >= 0.3 is 0 Å². The number of ether oxygens (including phenoxy) is 3. The molecule has 0 amide bonds. The average Bonchev–Trinajstić information content (AvgIpc) is 3.16. The Bertz CT molecular complexity index is 368. The third-order valence-electron chi connectivity index (χ3n) is 5.30. The summed E-state index contributed by atoms with van der Waals surface area (Å²) < 4.78 is 16.7. The second kappa shape index (κ2) is 3.48. The van der Waals surface area contributed by atoms with Gasteiger partial charge in [0.2, 0.25) is 11.6 Å². The molecule has 18 heavy (non-hydrogen) atoms. The zero-order valence-electron chi connectivity index (χ0n) is 10.7. The zero-order valence-corrected chi connectivity index (χ0v) is 10.7. The summed E-state index contributed by atoms with van der Waals surface area (Å²) in [5.74, 6) is 0.0956. The van der Waals surface area contributed by atoms with Gasteiger partial charge in [0.25, 0.3) is 6.47 Å². The van der Waals surface area contributed by atoms with E-state index >= 15 is 0 Å². The smallest absolute Gasteiger partial charge is 0.293 e. The van der Waals surface area contributed by atoms with Crippen LogP contribution in [0.3, 0.4) is 0 Å². The molecule has 0 N–H and O–H groups in total. The third-order valence-corrected chi connectivity index (χ3v) is 5.30. The summed E-state index contributed by atoms with van der Waals surface area (Å²) in [6.07, 6.45) is 10.1. The predicted molar refractivity (Wildman–Crippen MR) is 62.6 cm³/mol. The van der Waals surface area contributed by atoms with E-state index in [1.807, 2.05) is 0 Å². The van der Waals surface area contributed by atoms with Gasteiger partial charge in [-0.05, 0) is 18.8 Å². The number of carbonyl (C=O) groups is 1. The maximum atomic E-state index is 10.9. The fraction of sp³-hybridized carbons (Fsp3) is 0.929. The monoisotopic (exact) mass is 252 g/mol. The summed E-state index contributed by atoms with van der Waals surface area (Å²) >= 11 is 0. The lowest BCUT2D eigenvalue weighted by atomic mass is 9.74. The fourth-order valence-electron chi connectivity index (χ4n) is 4.24. The Kier molecular flexibility index (Phi) is 2.17. The van der Waals surface area contributed by atoms with Crippen LogP contribution in [0.4, 0.5) is 0 Å². The average molecular weight is 252 g/mol. The minimum absolute atomic E-state index is 0.255. The van der Waals surface area contributed by atoms with E-state index in [-0.39, 0.29) is 17.2 Å². The summed E-state index contributed by atoms with van der Waals surface area (Å²) in [5, 5.41) is 0. The van der Waals surface area contributed by atoms with E-state index in [1.54, 1.807) is 0 Å². The molecule has 0 aromatic heterocycles. The van der Waals surface area contributed by atoms with E-state index in [0.29, 0.717) is 12.4 Å². The lowest BCUT2D eigenvalue weighted by Gasteiger charge is -2.36. The van der Waals surface area contributed by atoms with E-state index in [4.69, 9.17) is 14.2 Å². The minimum Gasteiger partial charge on any atom is -0.461 e. The molecule has 0 aromatic carbocycles. The van der Waals surface area contributed by atoms with Crippen LogP contribution < -0.4 is 0 Å². The molecule has 2 aliphatic heterocycles. The molecule has 2 saturated carbocycles. The number of carbonyl (C=O) groups excluding carboxylic acids is 1. The highest BCUT2D eigenvalue weighted by Crippen LogP contribution is 2.76. The Hall–Kier alpha value is -0.610. The second-order valence-corrected chi connectivity index (χ2v) is 6.49. The summed E-state index contributed by atoms with van der Waals surface area (Å²) in [4.78, 5) is 10.9. The van der Waals surface area contributed by atoms with Crippen LogP contribution in [-0.4, -0.2) is 23.6 Å². The fourth-order valence-corrected chi connectivity index (χ4v) is 4.24. The van der Waals surface area contributed by atoms with E-state index in [0.717, 1.165) is 25.7 Å². The lowest BCUT2D eigenvalue weighted by molar-refractivity contribution is -0.152. The normalized spacial score (nSPS) is 50.0. The quantitative estimate of drug-likeness (QED) is 0.570. The first kappa shape index (κ1) is 11.2. The Morgan fingerprint density at radius 2 is 1.89 bits per heavy atom. The van der Waals surface area contributed by atoms with Crippen molar-refractivity contribution in [3.8, 4) is 0 Å². The first-order valence-electron chi connectivity index (χ1n) is 7.23. The van der Waals surface area contributed by atoms with Crippen molar-refractivity contribution >= 4 is 6.47 Å². The molecule has 0 radical (unpaired) electrons. The van der Waals surface area contributed by atoms with Crippen LogP contribution in [0.15, 0.2) is 0 Å². The van der Waals surface area contributed by atoms with Crippen molar-refractivity contribution < 1.29 is 19.0 Å². The molecule has 4 fully saturated rings. The maximum absolute atomic E-state index is 10.9. The van der Waals surface area contributed by atoms with Crippen LogP contribution in [0.25, 0.3) is 0 Å². The van der Waals surface area contributed by atoms with E-state index < -0.39 is 0 Å². The summed E-state index contributed by atoms with van der Waals surface area (Å²) in [7, 11) is 0. The molecule has 1 atom stereocenters. The molecule has 4 nitrogen and oxygen atoms in total. The van der Waals surface area contributed by atoms with Crippen molar-refractivity contribution in [2.24, 2.45) is 5.92 Å². The van der Waals surface area contributed by atoms with Gasteiger partial charge in [-0.25, -0.2) is 0 Å². The van der Waals surface area contributed by atoms with Crippen LogP contribution in [-0.2, 0) is 19.0 Å². The molecule has 4 heteroatoms. The molecule has 0 bridgehead atoms. The molecule has 1 unspecified atom stereocenters. The van der Waals surface area contributed by atoms with Crippen LogP contribution >= 0.6 is 0 Å². The van der Waals surface area contributed by atoms with E-state index in [9.17, 15) is 4.79 Å². The molecule has 2 heterocycles. The summed E-state index contributed by atoms with van der Waals surface area (Å²) in [6, 6.07) is 0. The number of epoxide rings is 2. The standard InChI is InChI=1S/C14H20O4/c15-10-16-12(8-11-4-2-1-3-5-11)6-7-13-14(9-12,17-13)18-13/h10-11H,1-9H2. The highest BCUT2D eigenvalue weighted by molar-refractivity contribution is 5.39. The molecular formula is C14H20O4. The molecular weight excluding hydrogens is 232 g/mol. The third kappa shape index (κ3) is 1.48. The SMILES string of the molecule is O=COC1(CC2CCCCC2)CCC23OC2(C1)O3. The second-order valence-electron chi connectivity index (χ2n) is 6.49.